The number of ether oxygens (including phenoxy) is 2. The lowest BCUT2D eigenvalue weighted by Crippen LogP contribution is -2.15. The highest BCUT2D eigenvalue weighted by molar-refractivity contribution is 5.32. The molecule has 0 N–H and O–H groups in total. The molecule has 2 aliphatic rings. The van der Waals surface area contributed by atoms with E-state index in [9.17, 15) is 0 Å². The van der Waals surface area contributed by atoms with Crippen LogP contribution in [0.5, 0.6) is 0 Å². The third-order valence-electron chi connectivity index (χ3n) is 2.12. The van der Waals surface area contributed by atoms with E-state index in [1.54, 1.807) is 0 Å². The first-order valence-electron chi connectivity index (χ1n) is 4.56. The standard InChI is InChI=1S/C11H14O2/c1-11(2)5-3-4-9-10(8-11)13-7-6-12-9/h3-5,8H,6-7H2,1-2H3. The van der Waals surface area contributed by atoms with Gasteiger partial charge >= 0.3 is 0 Å². The van der Waals surface area contributed by atoms with E-state index in [1.165, 1.54) is 0 Å². The molecule has 0 unspecified atom stereocenters. The van der Waals surface area contributed by atoms with Crippen molar-refractivity contribution in [3.8, 4) is 0 Å². The summed E-state index contributed by atoms with van der Waals surface area (Å²) in [6.07, 6.45) is 8.22. The molecular formula is C11H14O2. The highest BCUT2D eigenvalue weighted by Crippen LogP contribution is 2.29. The fraction of sp³-hybridized carbons (Fsp3) is 0.455. The Balaban J connectivity index is 2.34. The normalized spacial score (nSPS) is 24.5. The summed E-state index contributed by atoms with van der Waals surface area (Å²) in [4.78, 5) is 0. The van der Waals surface area contributed by atoms with Crippen LogP contribution >= 0.6 is 0 Å². The highest BCUT2D eigenvalue weighted by atomic mass is 16.6. The van der Waals surface area contributed by atoms with E-state index in [2.05, 4.69) is 26.0 Å². The number of fused-ring (bicyclic) bond motifs is 1. The largest absolute Gasteiger partial charge is 0.486 e. The minimum atomic E-state index is 0.0499. The molecule has 13 heavy (non-hydrogen) atoms. The fourth-order valence-electron chi connectivity index (χ4n) is 1.46. The minimum absolute atomic E-state index is 0.0499. The first-order valence-corrected chi connectivity index (χ1v) is 4.56. The Kier molecular flexibility index (Phi) is 1.91. The molecule has 0 bridgehead atoms. The molecule has 0 radical (unpaired) electrons. The maximum absolute atomic E-state index is 5.53. The summed E-state index contributed by atoms with van der Waals surface area (Å²) in [5.74, 6) is 1.73. The van der Waals surface area contributed by atoms with Crippen LogP contribution in [0.1, 0.15) is 13.8 Å². The zero-order valence-electron chi connectivity index (χ0n) is 8.04. The van der Waals surface area contributed by atoms with E-state index in [4.69, 9.17) is 9.47 Å². The molecule has 0 aromatic rings. The molecule has 0 aromatic carbocycles. The van der Waals surface area contributed by atoms with Gasteiger partial charge in [0.2, 0.25) is 0 Å². The lowest BCUT2D eigenvalue weighted by molar-refractivity contribution is 0.0583. The summed E-state index contributed by atoms with van der Waals surface area (Å²) in [5, 5.41) is 0. The smallest absolute Gasteiger partial charge is 0.161 e. The van der Waals surface area contributed by atoms with Crippen molar-refractivity contribution < 1.29 is 9.47 Å². The Morgan fingerprint density at radius 2 is 1.85 bits per heavy atom. The van der Waals surface area contributed by atoms with Gasteiger partial charge in [-0.2, -0.15) is 0 Å². The van der Waals surface area contributed by atoms with E-state index < -0.39 is 0 Å². The SMILES string of the molecule is CC1(C)C=CC=C2OCCOC2=C1. The summed E-state index contributed by atoms with van der Waals surface area (Å²) >= 11 is 0. The summed E-state index contributed by atoms with van der Waals surface area (Å²) in [7, 11) is 0. The van der Waals surface area contributed by atoms with Crippen molar-refractivity contribution in [1.82, 2.24) is 0 Å². The molecule has 0 spiro atoms. The zero-order chi connectivity index (χ0) is 9.31. The van der Waals surface area contributed by atoms with Gasteiger partial charge in [-0.15, -0.1) is 0 Å². The summed E-state index contributed by atoms with van der Waals surface area (Å²) in [5.41, 5.74) is 0.0499. The molecule has 1 saturated heterocycles. The molecule has 1 fully saturated rings. The van der Waals surface area contributed by atoms with Gasteiger partial charge in [0, 0.05) is 5.41 Å². The average molecular weight is 178 g/mol. The molecule has 0 atom stereocenters. The summed E-state index contributed by atoms with van der Waals surface area (Å²) < 4.78 is 11.0. The Morgan fingerprint density at radius 3 is 2.62 bits per heavy atom. The van der Waals surface area contributed by atoms with Crippen LogP contribution in [0.15, 0.2) is 35.8 Å². The molecule has 0 saturated carbocycles. The minimum Gasteiger partial charge on any atom is -0.486 e. The lowest BCUT2D eigenvalue weighted by Gasteiger charge is -2.22. The van der Waals surface area contributed by atoms with Crippen LogP contribution in [-0.2, 0) is 9.47 Å². The van der Waals surface area contributed by atoms with Crippen molar-refractivity contribution in [1.29, 1.82) is 0 Å². The first kappa shape index (κ1) is 8.42. The van der Waals surface area contributed by atoms with Crippen LogP contribution in [0.25, 0.3) is 0 Å². The van der Waals surface area contributed by atoms with Crippen LogP contribution < -0.4 is 0 Å². The second kappa shape index (κ2) is 2.95. The Morgan fingerprint density at radius 1 is 1.15 bits per heavy atom. The summed E-state index contributed by atoms with van der Waals surface area (Å²) in [6.45, 7) is 5.59. The van der Waals surface area contributed by atoms with E-state index in [0.717, 1.165) is 11.5 Å². The zero-order valence-corrected chi connectivity index (χ0v) is 8.04. The number of allylic oxidation sites excluding steroid dienone is 4. The monoisotopic (exact) mass is 178 g/mol. The van der Waals surface area contributed by atoms with Gasteiger partial charge in [0.05, 0.1) is 0 Å². The van der Waals surface area contributed by atoms with Gasteiger partial charge in [0.25, 0.3) is 0 Å². The molecular weight excluding hydrogens is 164 g/mol. The molecule has 1 aliphatic carbocycles. The van der Waals surface area contributed by atoms with Gasteiger partial charge < -0.3 is 9.47 Å². The lowest BCUT2D eigenvalue weighted by atomic mass is 9.93. The van der Waals surface area contributed by atoms with E-state index in [1.807, 2.05) is 12.2 Å². The highest BCUT2D eigenvalue weighted by Gasteiger charge is 2.21. The topological polar surface area (TPSA) is 18.5 Å². The van der Waals surface area contributed by atoms with Crippen molar-refractivity contribution in [2.45, 2.75) is 13.8 Å². The number of rotatable bonds is 0. The average Bonchev–Trinajstić information content (AvgIpc) is 2.21. The second-order valence-corrected chi connectivity index (χ2v) is 3.92. The van der Waals surface area contributed by atoms with Crippen molar-refractivity contribution in [3.05, 3.63) is 35.8 Å². The molecule has 1 heterocycles. The van der Waals surface area contributed by atoms with Gasteiger partial charge in [-0.25, -0.2) is 0 Å². The van der Waals surface area contributed by atoms with Gasteiger partial charge in [0.1, 0.15) is 13.2 Å². The maximum atomic E-state index is 5.53. The van der Waals surface area contributed by atoms with E-state index >= 15 is 0 Å². The molecule has 2 nitrogen and oxygen atoms in total. The molecule has 0 amide bonds. The van der Waals surface area contributed by atoms with Gasteiger partial charge in [-0.1, -0.05) is 26.0 Å². The summed E-state index contributed by atoms with van der Waals surface area (Å²) in [6, 6.07) is 0. The van der Waals surface area contributed by atoms with Crippen LogP contribution in [0.4, 0.5) is 0 Å². The molecule has 70 valence electrons. The van der Waals surface area contributed by atoms with Crippen molar-refractivity contribution in [2.24, 2.45) is 5.41 Å². The second-order valence-electron chi connectivity index (χ2n) is 3.92. The number of hydrogen-bond acceptors (Lipinski definition) is 2. The third kappa shape index (κ3) is 1.77. The predicted molar refractivity (Wildman–Crippen MR) is 51.0 cm³/mol. The van der Waals surface area contributed by atoms with Crippen LogP contribution in [-0.4, -0.2) is 13.2 Å². The van der Waals surface area contributed by atoms with E-state index in [0.29, 0.717) is 13.2 Å². The van der Waals surface area contributed by atoms with Gasteiger partial charge in [-0.05, 0) is 12.2 Å². The van der Waals surface area contributed by atoms with Crippen molar-refractivity contribution in [3.63, 3.8) is 0 Å². The predicted octanol–water partition coefficient (Wildman–Crippen LogP) is 2.40. The third-order valence-corrected chi connectivity index (χ3v) is 2.12. The number of hydrogen-bond donors (Lipinski definition) is 0. The van der Waals surface area contributed by atoms with E-state index in [-0.39, 0.29) is 5.41 Å². The molecule has 1 aliphatic heterocycles. The molecule has 2 heteroatoms. The Labute approximate surface area is 78.5 Å². The Hall–Kier alpha value is -1.18. The van der Waals surface area contributed by atoms with Gasteiger partial charge in [0.15, 0.2) is 11.5 Å². The molecule has 2 rings (SSSR count). The quantitative estimate of drug-likeness (QED) is 0.567. The Bertz CT molecular complexity index is 295. The van der Waals surface area contributed by atoms with Crippen LogP contribution in [0.3, 0.4) is 0 Å². The van der Waals surface area contributed by atoms with Crippen LogP contribution in [0.2, 0.25) is 0 Å². The first-order chi connectivity index (χ1) is 6.17. The maximum Gasteiger partial charge on any atom is 0.161 e. The van der Waals surface area contributed by atoms with Crippen molar-refractivity contribution in [2.75, 3.05) is 13.2 Å². The molecule has 0 aromatic heterocycles. The van der Waals surface area contributed by atoms with Gasteiger partial charge in [-0.3, -0.25) is 0 Å². The van der Waals surface area contributed by atoms with Crippen molar-refractivity contribution >= 4 is 0 Å². The van der Waals surface area contributed by atoms with Crippen LogP contribution in [0, 0.1) is 5.41 Å². The fourth-order valence-corrected chi connectivity index (χ4v) is 1.46.